The summed E-state index contributed by atoms with van der Waals surface area (Å²) in [6.45, 7) is 0.634. The number of aryl methyl sites for hydroxylation is 1. The second-order valence-corrected chi connectivity index (χ2v) is 7.87. The topological polar surface area (TPSA) is 86.7 Å². The molecular formula is C17H16F4N2O4S. The van der Waals surface area contributed by atoms with Gasteiger partial charge in [0.15, 0.2) is 17.5 Å². The van der Waals surface area contributed by atoms with Gasteiger partial charge in [0.2, 0.25) is 10.0 Å². The van der Waals surface area contributed by atoms with Crippen LogP contribution in [0.3, 0.4) is 0 Å². The summed E-state index contributed by atoms with van der Waals surface area (Å²) in [4.78, 5) is 11.9. The first-order valence-corrected chi connectivity index (χ1v) is 9.26. The van der Waals surface area contributed by atoms with Gasteiger partial charge in [-0.1, -0.05) is 0 Å². The van der Waals surface area contributed by atoms with Gasteiger partial charge in [-0.05, 0) is 24.6 Å². The first kappa shape index (κ1) is 21.8. The normalized spacial score (nSPS) is 11.7. The van der Waals surface area contributed by atoms with Crippen LogP contribution in [0.1, 0.15) is 15.9 Å². The molecule has 0 fully saturated rings. The highest BCUT2D eigenvalue weighted by atomic mass is 32.2. The van der Waals surface area contributed by atoms with Gasteiger partial charge in [0.25, 0.3) is 5.91 Å². The first-order chi connectivity index (χ1) is 13.0. The third-order valence-electron chi connectivity index (χ3n) is 3.85. The number of rotatable bonds is 6. The summed E-state index contributed by atoms with van der Waals surface area (Å²) in [6.07, 6.45) is 0. The van der Waals surface area contributed by atoms with Gasteiger partial charge in [-0.3, -0.25) is 4.79 Å². The molecule has 152 valence electrons. The summed E-state index contributed by atoms with van der Waals surface area (Å²) < 4.78 is 79.6. The summed E-state index contributed by atoms with van der Waals surface area (Å²) in [7, 11) is -2.95. The molecule has 2 N–H and O–H groups in total. The minimum Gasteiger partial charge on any atom is -0.395 e. The number of hydrogen-bond acceptors (Lipinski definition) is 4. The molecule has 2 aromatic carbocycles. The van der Waals surface area contributed by atoms with Crippen LogP contribution < -0.4 is 5.32 Å². The van der Waals surface area contributed by atoms with Crippen molar-refractivity contribution in [2.75, 3.05) is 25.5 Å². The molecule has 0 aliphatic rings. The van der Waals surface area contributed by atoms with Crippen LogP contribution in [-0.4, -0.2) is 43.9 Å². The molecule has 0 bridgehead atoms. The number of nitrogens with zero attached hydrogens (tertiary/aromatic N) is 1. The van der Waals surface area contributed by atoms with Crippen molar-refractivity contribution in [3.63, 3.8) is 0 Å². The summed E-state index contributed by atoms with van der Waals surface area (Å²) in [5.41, 5.74) is -1.17. The van der Waals surface area contributed by atoms with Crippen molar-refractivity contribution in [2.45, 2.75) is 11.8 Å². The molecule has 0 saturated carbocycles. The Kier molecular flexibility index (Phi) is 6.42. The molecule has 0 aliphatic carbocycles. The maximum atomic E-state index is 14.2. The summed E-state index contributed by atoms with van der Waals surface area (Å²) in [5.74, 6) is -7.12. The summed E-state index contributed by atoms with van der Waals surface area (Å²) >= 11 is 0. The fraction of sp³-hybridized carbons (Fsp3) is 0.235. The number of aliphatic hydroxyl groups excluding tert-OH is 1. The van der Waals surface area contributed by atoms with Gasteiger partial charge in [-0.25, -0.2) is 26.0 Å². The fourth-order valence-electron chi connectivity index (χ4n) is 2.36. The monoisotopic (exact) mass is 420 g/mol. The molecule has 0 unspecified atom stereocenters. The Labute approximate surface area is 158 Å². The van der Waals surface area contributed by atoms with Crippen molar-refractivity contribution < 1.29 is 35.9 Å². The molecule has 6 nitrogen and oxygen atoms in total. The Morgan fingerprint density at radius 2 is 1.64 bits per heavy atom. The Morgan fingerprint density at radius 1 is 1.07 bits per heavy atom. The largest absolute Gasteiger partial charge is 0.395 e. The van der Waals surface area contributed by atoms with Crippen molar-refractivity contribution in [2.24, 2.45) is 0 Å². The highest BCUT2D eigenvalue weighted by Gasteiger charge is 2.26. The molecule has 2 aromatic rings. The van der Waals surface area contributed by atoms with Gasteiger partial charge in [-0.2, -0.15) is 4.31 Å². The molecule has 0 spiro atoms. The molecule has 11 heteroatoms. The van der Waals surface area contributed by atoms with E-state index in [4.69, 9.17) is 5.11 Å². The lowest BCUT2D eigenvalue weighted by atomic mass is 10.1. The maximum absolute atomic E-state index is 14.2. The van der Waals surface area contributed by atoms with Gasteiger partial charge < -0.3 is 10.4 Å². The average molecular weight is 420 g/mol. The van der Waals surface area contributed by atoms with Gasteiger partial charge in [0, 0.05) is 31.4 Å². The summed E-state index contributed by atoms with van der Waals surface area (Å²) in [6, 6.07) is 2.59. The smallest absolute Gasteiger partial charge is 0.258 e. The lowest BCUT2D eigenvalue weighted by molar-refractivity contribution is 0.102. The molecule has 0 radical (unpaired) electrons. The van der Waals surface area contributed by atoms with E-state index in [1.54, 1.807) is 0 Å². The Hall–Kier alpha value is -2.50. The lowest BCUT2D eigenvalue weighted by Crippen LogP contribution is -2.30. The van der Waals surface area contributed by atoms with Gasteiger partial charge in [-0.15, -0.1) is 0 Å². The number of carbonyl (C=O) groups is 1. The minimum absolute atomic E-state index is 0.0118. The van der Waals surface area contributed by atoms with Crippen LogP contribution in [0, 0.1) is 30.2 Å². The van der Waals surface area contributed by atoms with Crippen LogP contribution in [0.4, 0.5) is 23.2 Å². The van der Waals surface area contributed by atoms with E-state index in [1.165, 1.54) is 14.0 Å². The number of amides is 1. The number of benzene rings is 2. The van der Waals surface area contributed by atoms with Crippen LogP contribution >= 0.6 is 0 Å². The number of aliphatic hydroxyl groups is 1. The minimum atomic E-state index is -4.14. The van der Waals surface area contributed by atoms with Crippen molar-refractivity contribution in [3.05, 3.63) is 58.7 Å². The third-order valence-corrected chi connectivity index (χ3v) is 5.85. The molecule has 2 rings (SSSR count). The molecule has 0 aromatic heterocycles. The van der Waals surface area contributed by atoms with Crippen molar-refractivity contribution >= 4 is 21.6 Å². The molecule has 0 atom stereocenters. The van der Waals surface area contributed by atoms with Crippen LogP contribution in [0.2, 0.25) is 0 Å². The predicted octanol–water partition coefficient (Wildman–Crippen LogP) is 2.42. The molecule has 0 heterocycles. The number of halogens is 4. The molecular weight excluding hydrogens is 404 g/mol. The van der Waals surface area contributed by atoms with Crippen molar-refractivity contribution in [1.82, 2.24) is 4.31 Å². The van der Waals surface area contributed by atoms with E-state index in [0.717, 1.165) is 16.4 Å². The summed E-state index contributed by atoms with van der Waals surface area (Å²) in [5, 5.41) is 10.9. The number of nitrogens with one attached hydrogen (secondary N) is 1. The van der Waals surface area contributed by atoms with Gasteiger partial charge in [0.05, 0.1) is 17.1 Å². The van der Waals surface area contributed by atoms with Gasteiger partial charge in [0.1, 0.15) is 5.82 Å². The number of anilines is 1. The molecule has 1 amide bonds. The number of sulfonamides is 1. The molecule has 28 heavy (non-hydrogen) atoms. The first-order valence-electron chi connectivity index (χ1n) is 7.82. The quantitative estimate of drug-likeness (QED) is 0.555. The zero-order valence-corrected chi connectivity index (χ0v) is 15.6. The number of hydrogen-bond donors (Lipinski definition) is 2. The fourth-order valence-corrected chi connectivity index (χ4v) is 3.75. The highest BCUT2D eigenvalue weighted by Crippen LogP contribution is 2.24. The van der Waals surface area contributed by atoms with Gasteiger partial charge >= 0.3 is 0 Å². The second kappa shape index (κ2) is 8.25. The van der Waals surface area contributed by atoms with Crippen LogP contribution in [-0.2, 0) is 10.0 Å². The van der Waals surface area contributed by atoms with Crippen LogP contribution in [0.5, 0.6) is 0 Å². The zero-order valence-electron chi connectivity index (χ0n) is 14.8. The van der Waals surface area contributed by atoms with E-state index in [9.17, 15) is 30.8 Å². The Bertz CT molecular complexity index is 1010. The maximum Gasteiger partial charge on any atom is 0.258 e. The average Bonchev–Trinajstić information content (AvgIpc) is 2.59. The van der Waals surface area contributed by atoms with Crippen LogP contribution in [0.25, 0.3) is 0 Å². The van der Waals surface area contributed by atoms with E-state index in [-0.39, 0.29) is 17.0 Å². The van der Waals surface area contributed by atoms with E-state index in [1.807, 2.05) is 5.32 Å². The molecule has 0 aliphatic heterocycles. The van der Waals surface area contributed by atoms with E-state index < -0.39 is 57.1 Å². The highest BCUT2D eigenvalue weighted by molar-refractivity contribution is 7.89. The number of carbonyl (C=O) groups excluding carboxylic acids is 1. The van der Waals surface area contributed by atoms with E-state index in [0.29, 0.717) is 12.1 Å². The zero-order chi connectivity index (χ0) is 21.2. The van der Waals surface area contributed by atoms with Crippen molar-refractivity contribution in [1.29, 1.82) is 0 Å². The molecule has 0 saturated heterocycles. The Morgan fingerprint density at radius 3 is 2.18 bits per heavy atom. The SMILES string of the molecule is Cc1cc(F)c(C(=O)Nc2cc(F)c(F)c(F)c2)cc1S(=O)(=O)N(C)CCO. The third kappa shape index (κ3) is 4.32. The predicted molar refractivity (Wildman–Crippen MR) is 92.3 cm³/mol. The van der Waals surface area contributed by atoms with Crippen molar-refractivity contribution in [3.8, 4) is 0 Å². The Balaban J connectivity index is 2.45. The standard InChI is InChI=1S/C17H16F4N2O4S/c1-9-5-12(18)11(8-15(9)28(26,27)23(2)3-4-24)17(25)22-10-6-13(19)16(21)14(20)7-10/h5-8,24H,3-4H2,1-2H3,(H,22,25). The number of likely N-dealkylation sites (N-methyl/N-ethyl adjacent to an activating group) is 1. The second-order valence-electron chi connectivity index (χ2n) is 5.86. The van der Waals surface area contributed by atoms with E-state index in [2.05, 4.69) is 0 Å². The van der Waals surface area contributed by atoms with Crippen LogP contribution in [0.15, 0.2) is 29.2 Å². The van der Waals surface area contributed by atoms with E-state index >= 15 is 0 Å². The lowest BCUT2D eigenvalue weighted by Gasteiger charge is -2.18.